The predicted molar refractivity (Wildman–Crippen MR) is 270 cm³/mol. The molecule has 372 valence electrons. The molecule has 0 aromatic heterocycles. The average Bonchev–Trinajstić information content (AvgIpc) is 3.28. The van der Waals surface area contributed by atoms with Gasteiger partial charge in [0.25, 0.3) is 0 Å². The molecule has 0 aromatic rings. The first-order chi connectivity index (χ1) is 31.0. The molecule has 63 heavy (non-hydrogen) atoms. The zero-order valence-electron chi connectivity index (χ0n) is 42.6. The fourth-order valence-electron chi connectivity index (χ4n) is 8.50. The smallest absolute Gasteiger partial charge is 0.306 e. The van der Waals surface area contributed by atoms with Crippen LogP contribution in [0, 0.1) is 0 Å². The minimum atomic E-state index is -0.759. The molecule has 0 amide bonds. The molecule has 1 atom stereocenters. The van der Waals surface area contributed by atoms with E-state index in [0.717, 1.165) is 57.8 Å². The quantitative estimate of drug-likeness (QED) is 0.0262. The molecule has 0 bridgehead atoms. The van der Waals surface area contributed by atoms with E-state index < -0.39 is 6.10 Å². The van der Waals surface area contributed by atoms with E-state index in [2.05, 4.69) is 32.9 Å². The predicted octanol–water partition coefficient (Wildman–Crippen LogP) is 18.5. The fourth-order valence-corrected chi connectivity index (χ4v) is 8.50. The molecule has 0 aliphatic rings. The summed E-state index contributed by atoms with van der Waals surface area (Å²) >= 11 is 0. The lowest BCUT2D eigenvalue weighted by atomic mass is 10.0. The molecule has 0 radical (unpaired) electrons. The van der Waals surface area contributed by atoms with Gasteiger partial charge in [-0.15, -0.1) is 0 Å². The summed E-state index contributed by atoms with van der Waals surface area (Å²) in [7, 11) is 0. The Morgan fingerprint density at radius 2 is 0.524 bits per heavy atom. The number of carbonyl (C=O) groups is 3. The Morgan fingerprint density at radius 1 is 0.302 bits per heavy atom. The maximum absolute atomic E-state index is 12.7. The van der Waals surface area contributed by atoms with Crippen LogP contribution >= 0.6 is 0 Å². The van der Waals surface area contributed by atoms with E-state index in [1.807, 2.05) is 0 Å². The number of hydrogen-bond donors (Lipinski definition) is 0. The summed E-state index contributed by atoms with van der Waals surface area (Å²) in [5.74, 6) is -0.858. The van der Waals surface area contributed by atoms with Gasteiger partial charge in [-0.25, -0.2) is 0 Å². The summed E-state index contributed by atoms with van der Waals surface area (Å²) in [6.45, 7) is 6.61. The Bertz CT molecular complexity index is 978. The van der Waals surface area contributed by atoms with Crippen molar-refractivity contribution < 1.29 is 28.6 Å². The Labute approximate surface area is 392 Å². The maximum atomic E-state index is 12.7. The van der Waals surface area contributed by atoms with Gasteiger partial charge >= 0.3 is 17.9 Å². The van der Waals surface area contributed by atoms with Crippen molar-refractivity contribution in [2.24, 2.45) is 0 Å². The summed E-state index contributed by atoms with van der Waals surface area (Å²) < 4.78 is 16.7. The molecule has 1 unspecified atom stereocenters. The van der Waals surface area contributed by atoms with Crippen molar-refractivity contribution in [3.63, 3.8) is 0 Å². The van der Waals surface area contributed by atoms with Gasteiger partial charge in [-0.2, -0.15) is 0 Å². The number of carbonyl (C=O) groups excluding carboxylic acids is 3. The van der Waals surface area contributed by atoms with Gasteiger partial charge < -0.3 is 14.2 Å². The number of rotatable bonds is 52. The first kappa shape index (κ1) is 61.1. The second-order valence-corrected chi connectivity index (χ2v) is 19.2. The van der Waals surface area contributed by atoms with Gasteiger partial charge in [0.15, 0.2) is 6.10 Å². The van der Waals surface area contributed by atoms with Crippen LogP contribution in [0.2, 0.25) is 0 Å². The molecule has 0 aromatic carbocycles. The van der Waals surface area contributed by atoms with E-state index in [1.165, 1.54) is 218 Å². The van der Waals surface area contributed by atoms with Gasteiger partial charge in [0.2, 0.25) is 0 Å². The molecule has 6 nitrogen and oxygen atoms in total. The molecular formula is C57H108O6. The lowest BCUT2D eigenvalue weighted by Crippen LogP contribution is -2.30. The van der Waals surface area contributed by atoms with Crippen molar-refractivity contribution in [2.75, 3.05) is 13.2 Å². The van der Waals surface area contributed by atoms with E-state index in [-0.39, 0.29) is 31.1 Å². The normalized spacial score (nSPS) is 12.0. The maximum Gasteiger partial charge on any atom is 0.306 e. The Morgan fingerprint density at radius 3 is 0.794 bits per heavy atom. The molecule has 0 heterocycles. The Kier molecular flexibility index (Phi) is 51.2. The SMILES string of the molecule is CCCCCCCCCC/C=C\CCCCCCCCCCCCCCCCCCCC(=O)OCC(COC(=O)CCCCCCCCC)OC(=O)CCCCCCCCCCC. The van der Waals surface area contributed by atoms with Crippen LogP contribution < -0.4 is 0 Å². The van der Waals surface area contributed by atoms with E-state index in [1.54, 1.807) is 0 Å². The van der Waals surface area contributed by atoms with Crippen LogP contribution in [0.5, 0.6) is 0 Å². The van der Waals surface area contributed by atoms with Gasteiger partial charge in [-0.1, -0.05) is 264 Å². The van der Waals surface area contributed by atoms with Crippen LogP contribution in [0.25, 0.3) is 0 Å². The van der Waals surface area contributed by atoms with Crippen molar-refractivity contribution in [1.82, 2.24) is 0 Å². The highest BCUT2D eigenvalue weighted by Crippen LogP contribution is 2.17. The van der Waals surface area contributed by atoms with Crippen molar-refractivity contribution in [3.05, 3.63) is 12.2 Å². The topological polar surface area (TPSA) is 78.9 Å². The lowest BCUT2D eigenvalue weighted by molar-refractivity contribution is -0.167. The first-order valence-corrected chi connectivity index (χ1v) is 28.2. The standard InChI is InChI=1S/C57H108O6/c1-4-7-10-13-16-18-19-20-21-22-23-24-25-26-27-28-29-30-31-32-33-34-35-36-37-39-41-44-47-50-56(59)62-53-54(52-61-55(58)49-46-43-40-15-12-9-6-3)63-57(60)51-48-45-42-38-17-14-11-8-5-2/h22-23,54H,4-21,24-53H2,1-3H3/b23-22-. The van der Waals surface area contributed by atoms with Crippen molar-refractivity contribution in [3.8, 4) is 0 Å². The zero-order chi connectivity index (χ0) is 45.8. The van der Waals surface area contributed by atoms with Crippen LogP contribution in [0.15, 0.2) is 12.2 Å². The van der Waals surface area contributed by atoms with Crippen molar-refractivity contribution >= 4 is 17.9 Å². The molecule has 0 spiro atoms. The third-order valence-electron chi connectivity index (χ3n) is 12.8. The molecule has 0 rings (SSSR count). The molecule has 0 aliphatic heterocycles. The third-order valence-corrected chi connectivity index (χ3v) is 12.8. The van der Waals surface area contributed by atoms with Crippen LogP contribution in [-0.4, -0.2) is 37.2 Å². The second kappa shape index (κ2) is 52.8. The third kappa shape index (κ3) is 51.0. The van der Waals surface area contributed by atoms with E-state index in [9.17, 15) is 14.4 Å². The minimum absolute atomic E-state index is 0.0647. The number of ether oxygens (including phenoxy) is 3. The zero-order valence-corrected chi connectivity index (χ0v) is 42.6. The highest BCUT2D eigenvalue weighted by atomic mass is 16.6. The van der Waals surface area contributed by atoms with Crippen molar-refractivity contribution in [2.45, 2.75) is 322 Å². The Hall–Kier alpha value is -1.85. The largest absolute Gasteiger partial charge is 0.462 e. The van der Waals surface area contributed by atoms with Gasteiger partial charge in [-0.05, 0) is 44.9 Å². The number of allylic oxidation sites excluding steroid dienone is 2. The van der Waals surface area contributed by atoms with E-state index in [4.69, 9.17) is 14.2 Å². The van der Waals surface area contributed by atoms with Crippen LogP contribution in [0.1, 0.15) is 316 Å². The highest BCUT2D eigenvalue weighted by molar-refractivity contribution is 5.71. The summed E-state index contributed by atoms with van der Waals surface area (Å²) in [4.78, 5) is 37.7. The second-order valence-electron chi connectivity index (χ2n) is 19.2. The average molecular weight is 889 g/mol. The number of unbranched alkanes of at least 4 members (excludes halogenated alkanes) is 39. The molecule has 0 N–H and O–H groups in total. The summed E-state index contributed by atoms with van der Waals surface area (Å²) in [6.07, 6.45) is 59.7. The minimum Gasteiger partial charge on any atom is -0.462 e. The van der Waals surface area contributed by atoms with Crippen LogP contribution in [0.3, 0.4) is 0 Å². The Balaban J connectivity index is 3.91. The summed E-state index contributed by atoms with van der Waals surface area (Å²) in [5.41, 5.74) is 0. The summed E-state index contributed by atoms with van der Waals surface area (Å²) in [6, 6.07) is 0. The molecule has 6 heteroatoms. The molecule has 0 saturated heterocycles. The molecule has 0 aliphatic carbocycles. The van der Waals surface area contributed by atoms with Gasteiger partial charge in [-0.3, -0.25) is 14.4 Å². The highest BCUT2D eigenvalue weighted by Gasteiger charge is 2.19. The van der Waals surface area contributed by atoms with E-state index in [0.29, 0.717) is 19.3 Å². The monoisotopic (exact) mass is 889 g/mol. The lowest BCUT2D eigenvalue weighted by Gasteiger charge is -2.18. The molecule has 0 fully saturated rings. The van der Waals surface area contributed by atoms with E-state index >= 15 is 0 Å². The van der Waals surface area contributed by atoms with Crippen LogP contribution in [0.4, 0.5) is 0 Å². The van der Waals surface area contributed by atoms with Crippen molar-refractivity contribution in [1.29, 1.82) is 0 Å². The fraction of sp³-hybridized carbons (Fsp3) is 0.912. The first-order valence-electron chi connectivity index (χ1n) is 28.2. The molecular weight excluding hydrogens is 781 g/mol. The van der Waals surface area contributed by atoms with Crippen LogP contribution in [-0.2, 0) is 28.6 Å². The van der Waals surface area contributed by atoms with Gasteiger partial charge in [0, 0.05) is 19.3 Å². The molecule has 0 saturated carbocycles. The van der Waals surface area contributed by atoms with Gasteiger partial charge in [0.1, 0.15) is 13.2 Å². The van der Waals surface area contributed by atoms with Gasteiger partial charge in [0.05, 0.1) is 0 Å². The number of hydrogen-bond acceptors (Lipinski definition) is 6. The summed E-state index contributed by atoms with van der Waals surface area (Å²) in [5, 5.41) is 0. The number of esters is 3.